The molecule has 1 aliphatic rings. The molecule has 0 atom stereocenters. The van der Waals surface area contributed by atoms with Gasteiger partial charge in [-0.25, -0.2) is 13.1 Å². The zero-order valence-corrected chi connectivity index (χ0v) is 18.3. The lowest BCUT2D eigenvalue weighted by Crippen LogP contribution is -2.32. The Balaban J connectivity index is 1.67. The van der Waals surface area contributed by atoms with Crippen LogP contribution in [0.4, 0.5) is 5.95 Å². The number of methoxy groups -OCH3 is 1. The Bertz CT molecular complexity index is 915. The number of nitrogens with zero attached hydrogens (tertiary/aromatic N) is 4. The van der Waals surface area contributed by atoms with Gasteiger partial charge in [-0.3, -0.25) is 0 Å². The van der Waals surface area contributed by atoms with Gasteiger partial charge in [-0.2, -0.15) is 15.0 Å². The molecule has 30 heavy (non-hydrogen) atoms. The molecule has 0 aliphatic carbocycles. The van der Waals surface area contributed by atoms with E-state index in [4.69, 9.17) is 9.47 Å². The first-order valence-corrected chi connectivity index (χ1v) is 11.8. The minimum Gasteiger partial charge on any atom is -0.494 e. The number of rotatable bonds is 10. The van der Waals surface area contributed by atoms with Gasteiger partial charge in [-0.1, -0.05) is 13.3 Å². The normalized spacial score (nSPS) is 14.5. The molecule has 1 aliphatic heterocycles. The third kappa shape index (κ3) is 6.02. The first-order chi connectivity index (χ1) is 14.5. The minimum absolute atomic E-state index is 0.0587. The van der Waals surface area contributed by atoms with Crippen LogP contribution in [0.25, 0.3) is 0 Å². The number of anilines is 1. The predicted molar refractivity (Wildman–Crippen MR) is 113 cm³/mol. The summed E-state index contributed by atoms with van der Waals surface area (Å²) in [6.45, 7) is 4.37. The van der Waals surface area contributed by atoms with Gasteiger partial charge >= 0.3 is 6.01 Å². The molecule has 0 saturated carbocycles. The maximum atomic E-state index is 12.7. The van der Waals surface area contributed by atoms with Crippen molar-refractivity contribution in [3.63, 3.8) is 0 Å². The average molecular weight is 436 g/mol. The lowest BCUT2D eigenvalue weighted by Gasteiger charge is -2.26. The van der Waals surface area contributed by atoms with Gasteiger partial charge in [0.05, 0.1) is 25.2 Å². The second kappa shape index (κ2) is 10.5. The molecule has 2 aromatic rings. The van der Waals surface area contributed by atoms with Crippen molar-refractivity contribution in [2.75, 3.05) is 31.7 Å². The average Bonchev–Trinajstić information content (AvgIpc) is 2.79. The van der Waals surface area contributed by atoms with E-state index in [1.165, 1.54) is 25.7 Å². The van der Waals surface area contributed by atoms with Gasteiger partial charge < -0.3 is 14.4 Å². The number of hydrogen-bond acceptors (Lipinski definition) is 8. The zero-order chi connectivity index (χ0) is 21.4. The number of piperidine rings is 1. The Labute approximate surface area is 177 Å². The topological polar surface area (TPSA) is 107 Å². The van der Waals surface area contributed by atoms with E-state index < -0.39 is 10.0 Å². The van der Waals surface area contributed by atoms with Crippen LogP contribution in [0, 0.1) is 0 Å². The fourth-order valence-corrected chi connectivity index (χ4v) is 4.06. The van der Waals surface area contributed by atoms with E-state index in [0.717, 1.165) is 38.8 Å². The molecule has 1 fully saturated rings. The highest BCUT2D eigenvalue weighted by molar-refractivity contribution is 7.89. The molecular formula is C20H29N5O4S. The molecular weight excluding hydrogens is 406 g/mol. The number of unbranched alkanes of at least 4 members (excludes halogenated alkanes) is 1. The first kappa shape index (κ1) is 22.2. The molecule has 1 aromatic heterocycles. The van der Waals surface area contributed by atoms with Crippen molar-refractivity contribution in [2.24, 2.45) is 0 Å². The molecule has 164 valence electrons. The summed E-state index contributed by atoms with van der Waals surface area (Å²) in [4.78, 5) is 15.2. The molecule has 9 nitrogen and oxygen atoms in total. The van der Waals surface area contributed by atoms with Crippen molar-refractivity contribution < 1.29 is 17.9 Å². The minimum atomic E-state index is -3.72. The van der Waals surface area contributed by atoms with Crippen LogP contribution in [0.2, 0.25) is 0 Å². The Morgan fingerprint density at radius 1 is 1.07 bits per heavy atom. The third-order valence-electron chi connectivity index (χ3n) is 4.79. The Morgan fingerprint density at radius 3 is 2.47 bits per heavy atom. The fraction of sp³-hybridized carbons (Fsp3) is 0.550. The summed E-state index contributed by atoms with van der Waals surface area (Å²) in [5, 5.41) is 0. The van der Waals surface area contributed by atoms with Crippen molar-refractivity contribution in [3.05, 3.63) is 30.1 Å². The monoisotopic (exact) mass is 435 g/mol. The van der Waals surface area contributed by atoms with Gasteiger partial charge in [-0.15, -0.1) is 0 Å². The van der Waals surface area contributed by atoms with E-state index in [0.29, 0.717) is 24.1 Å². The number of sulfonamides is 1. The molecule has 0 amide bonds. The molecule has 0 bridgehead atoms. The number of aromatic nitrogens is 3. The van der Waals surface area contributed by atoms with Crippen LogP contribution >= 0.6 is 0 Å². The van der Waals surface area contributed by atoms with Crippen molar-refractivity contribution in [1.29, 1.82) is 0 Å². The standard InChI is InChI=1S/C20H29N5O4S/c1-3-4-14-29-16-8-10-17(11-9-16)30(26,27)21-15-18-22-19(24-20(23-18)28-2)25-12-6-5-7-13-25/h8-11,21H,3-7,12-15H2,1-2H3. The van der Waals surface area contributed by atoms with E-state index in [9.17, 15) is 8.42 Å². The van der Waals surface area contributed by atoms with Gasteiger partial charge in [0, 0.05) is 13.1 Å². The summed E-state index contributed by atoms with van der Waals surface area (Å²) in [5.74, 6) is 1.48. The van der Waals surface area contributed by atoms with Crippen molar-refractivity contribution in [3.8, 4) is 11.8 Å². The van der Waals surface area contributed by atoms with Crippen LogP contribution in [0.15, 0.2) is 29.2 Å². The highest BCUT2D eigenvalue weighted by Gasteiger charge is 2.19. The summed E-state index contributed by atoms with van der Waals surface area (Å²) in [5.41, 5.74) is 0. The Morgan fingerprint density at radius 2 is 1.80 bits per heavy atom. The van der Waals surface area contributed by atoms with Crippen molar-refractivity contribution >= 4 is 16.0 Å². The summed E-state index contributed by atoms with van der Waals surface area (Å²) < 4.78 is 38.6. The molecule has 0 spiro atoms. The van der Waals surface area contributed by atoms with E-state index in [1.807, 2.05) is 0 Å². The lowest BCUT2D eigenvalue weighted by molar-refractivity contribution is 0.309. The molecule has 0 radical (unpaired) electrons. The maximum Gasteiger partial charge on any atom is 0.321 e. The second-order valence-electron chi connectivity index (χ2n) is 7.08. The SMILES string of the molecule is CCCCOc1ccc(S(=O)(=O)NCc2nc(OC)nc(N3CCCCC3)n2)cc1. The number of ether oxygens (including phenoxy) is 2. The highest BCUT2D eigenvalue weighted by Crippen LogP contribution is 2.19. The Hall–Kier alpha value is -2.46. The summed E-state index contributed by atoms with van der Waals surface area (Å²) >= 11 is 0. The van der Waals surface area contributed by atoms with Gasteiger partial charge in [-0.05, 0) is 49.9 Å². The largest absolute Gasteiger partial charge is 0.494 e. The Kier molecular flexibility index (Phi) is 7.81. The molecule has 1 aromatic carbocycles. The first-order valence-electron chi connectivity index (χ1n) is 10.3. The van der Waals surface area contributed by atoms with Gasteiger partial charge in [0.1, 0.15) is 5.75 Å². The molecule has 10 heteroatoms. The predicted octanol–water partition coefficient (Wildman–Crippen LogP) is 2.53. The molecule has 3 rings (SSSR count). The van der Waals surface area contributed by atoms with Crippen LogP contribution < -0.4 is 19.1 Å². The van der Waals surface area contributed by atoms with Crippen LogP contribution in [0.5, 0.6) is 11.8 Å². The van der Waals surface area contributed by atoms with E-state index in [1.54, 1.807) is 12.1 Å². The van der Waals surface area contributed by atoms with E-state index in [-0.39, 0.29) is 17.5 Å². The summed E-state index contributed by atoms with van der Waals surface area (Å²) in [7, 11) is -2.24. The zero-order valence-electron chi connectivity index (χ0n) is 17.5. The quantitative estimate of drug-likeness (QED) is 0.568. The van der Waals surface area contributed by atoms with Gasteiger partial charge in [0.25, 0.3) is 0 Å². The molecule has 1 saturated heterocycles. The van der Waals surface area contributed by atoms with E-state index in [2.05, 4.69) is 31.5 Å². The number of hydrogen-bond donors (Lipinski definition) is 1. The number of benzene rings is 1. The number of nitrogens with one attached hydrogen (secondary N) is 1. The highest BCUT2D eigenvalue weighted by atomic mass is 32.2. The smallest absolute Gasteiger partial charge is 0.321 e. The summed E-state index contributed by atoms with van der Waals surface area (Å²) in [6, 6.07) is 6.54. The fourth-order valence-electron chi connectivity index (χ4n) is 3.08. The maximum absolute atomic E-state index is 12.7. The van der Waals surface area contributed by atoms with Crippen molar-refractivity contribution in [1.82, 2.24) is 19.7 Å². The molecule has 1 N–H and O–H groups in total. The second-order valence-corrected chi connectivity index (χ2v) is 8.85. The third-order valence-corrected chi connectivity index (χ3v) is 6.21. The van der Waals surface area contributed by atoms with Crippen LogP contribution in [0.3, 0.4) is 0 Å². The summed E-state index contributed by atoms with van der Waals surface area (Å²) in [6.07, 6.45) is 5.34. The van der Waals surface area contributed by atoms with E-state index >= 15 is 0 Å². The molecule has 0 unspecified atom stereocenters. The van der Waals surface area contributed by atoms with Gasteiger partial charge in [0.2, 0.25) is 16.0 Å². The molecule has 2 heterocycles. The van der Waals surface area contributed by atoms with Crippen molar-refractivity contribution in [2.45, 2.75) is 50.5 Å². The van der Waals surface area contributed by atoms with Gasteiger partial charge in [0.15, 0.2) is 5.82 Å². The van der Waals surface area contributed by atoms with Crippen LogP contribution in [-0.2, 0) is 16.6 Å². The van der Waals surface area contributed by atoms with Crippen LogP contribution in [0.1, 0.15) is 44.9 Å². The van der Waals surface area contributed by atoms with Crippen LogP contribution in [-0.4, -0.2) is 50.2 Å². The lowest BCUT2D eigenvalue weighted by atomic mass is 10.1.